The zero-order valence-corrected chi connectivity index (χ0v) is 46.8. The molecule has 414 valence electrons. The third kappa shape index (κ3) is 12.7. The van der Waals surface area contributed by atoms with Gasteiger partial charge in [-0.2, -0.15) is 0 Å². The largest absolute Gasteiger partial charge is 0.481 e. The number of hydrogen-bond acceptors (Lipinski definition) is 8. The molecule has 9 aromatic rings. The second kappa shape index (κ2) is 24.6. The number of ketones is 1. The maximum atomic E-state index is 11.7. The van der Waals surface area contributed by atoms with Crippen molar-refractivity contribution in [2.24, 2.45) is 11.8 Å². The van der Waals surface area contributed by atoms with Crippen molar-refractivity contribution in [2.45, 2.75) is 116 Å². The van der Waals surface area contributed by atoms with Gasteiger partial charge in [0.1, 0.15) is 0 Å². The van der Waals surface area contributed by atoms with Crippen LogP contribution in [0.3, 0.4) is 0 Å². The van der Waals surface area contributed by atoms with Crippen LogP contribution in [0.5, 0.6) is 0 Å². The molecule has 0 saturated carbocycles. The molecule has 0 amide bonds. The van der Waals surface area contributed by atoms with Gasteiger partial charge in [-0.15, -0.1) is 0 Å². The molecule has 1 N–H and O–H groups in total. The molecular weight excluding hydrogens is 1020 g/mol. The lowest BCUT2D eigenvalue weighted by Gasteiger charge is -2.25. The molecule has 14 heteroatoms. The Balaban J connectivity index is 0.000000124. The van der Waals surface area contributed by atoms with E-state index in [1.807, 2.05) is 50.2 Å². The third-order valence-electron chi connectivity index (χ3n) is 16.0. The predicted molar refractivity (Wildman–Crippen MR) is 314 cm³/mol. The Labute approximate surface area is 467 Å². The highest BCUT2D eigenvalue weighted by Gasteiger charge is 2.27. The number of carbonyl (C=O) groups excluding carboxylic acids is 3. The minimum absolute atomic E-state index is 0.0626. The summed E-state index contributed by atoms with van der Waals surface area (Å²) in [7, 11) is -3.20. The molecule has 13 nitrogen and oxygen atoms in total. The van der Waals surface area contributed by atoms with E-state index in [4.69, 9.17) is 14.6 Å². The van der Waals surface area contributed by atoms with E-state index in [-0.39, 0.29) is 24.3 Å². The van der Waals surface area contributed by atoms with Crippen molar-refractivity contribution in [3.63, 3.8) is 0 Å². The van der Waals surface area contributed by atoms with Gasteiger partial charge in [0.15, 0.2) is 15.6 Å². The molecule has 0 saturated heterocycles. The summed E-state index contributed by atoms with van der Waals surface area (Å²) in [5, 5.41) is 14.2. The number of carboxylic acid groups (broad SMARTS) is 1. The Kier molecular flexibility index (Phi) is 17.0. The highest BCUT2D eigenvalue weighted by molar-refractivity contribution is 7.90. The van der Waals surface area contributed by atoms with E-state index in [9.17, 15) is 27.6 Å². The van der Waals surface area contributed by atoms with Crippen LogP contribution in [0.25, 0.3) is 43.6 Å². The molecule has 8 heterocycles. The molecule has 4 aliphatic heterocycles. The van der Waals surface area contributed by atoms with Crippen molar-refractivity contribution in [3.05, 3.63) is 185 Å². The van der Waals surface area contributed by atoms with Gasteiger partial charge in [-0.1, -0.05) is 84.9 Å². The average molecular weight is 1100 g/mol. The molecule has 13 rings (SSSR count). The second-order valence-corrected chi connectivity index (χ2v) is 23.5. The lowest BCUT2D eigenvalue weighted by Crippen LogP contribution is -2.23. The highest BCUT2D eigenvalue weighted by atomic mass is 32.2. The SMILES string of the molecule is CCOC(=O)/C=C1/CCc2cc3ccccc3n2C1.CCOC(=O)CC1CCc2cc3ccccc3n2C1.CS(=O)(=O)c1ccc(Cc2c3n(c4ccccc24)CC(CC(=O)O)CC3)cc1.O=C1CCc2cc3ccccc3n2C1. The molecule has 80 heavy (non-hydrogen) atoms. The number of allylic oxidation sites excluding steroid dienone is 1. The Morgan fingerprint density at radius 1 is 0.588 bits per heavy atom. The van der Waals surface area contributed by atoms with E-state index in [0.29, 0.717) is 49.2 Å². The van der Waals surface area contributed by atoms with Crippen molar-refractivity contribution in [2.75, 3.05) is 19.5 Å². The number of benzene rings is 5. The fourth-order valence-electron chi connectivity index (χ4n) is 12.2. The van der Waals surface area contributed by atoms with Gasteiger partial charge in [0.25, 0.3) is 0 Å². The summed E-state index contributed by atoms with van der Waals surface area (Å²) in [6.45, 7) is 7.61. The summed E-state index contributed by atoms with van der Waals surface area (Å²) in [6, 6.07) is 47.1. The Morgan fingerprint density at radius 3 is 1.73 bits per heavy atom. The predicted octanol–water partition coefficient (Wildman–Crippen LogP) is 12.1. The molecule has 2 atom stereocenters. The first-order valence-corrected chi connectivity index (χ1v) is 30.0. The molecule has 0 bridgehead atoms. The Bertz CT molecular complexity index is 3890. The molecule has 4 aliphatic rings. The quantitative estimate of drug-likeness (QED) is 0.104. The third-order valence-corrected chi connectivity index (χ3v) is 17.1. The van der Waals surface area contributed by atoms with Crippen LogP contribution in [-0.4, -0.2) is 75.0 Å². The van der Waals surface area contributed by atoms with Gasteiger partial charge in [-0.3, -0.25) is 14.4 Å². The standard InChI is InChI=1S/C22H23NO4S.C16H19NO2.C16H17NO2.C12H11NO/c1-28(26,27)17-9-6-15(7-10-17)12-19-18-4-2-3-5-20(18)23-14-16(13-22(24)25)8-11-21(19)23;2*1-2-19-16(18)9-12-7-8-14-10-13-5-3-4-6-15(13)17(14)11-12;14-11-6-5-10-7-9-3-1-2-4-12(9)13(10)8-11/h2-7,9-10,16H,8,11-14H2,1H3,(H,24,25);3-6,10,12H,2,7-9,11H2,1H3;3-6,9-10H,2,7-8,11H2,1H3;1-4,7H,5-6,8H2/b;;12-9-;. The monoisotopic (exact) mass is 1090 g/mol. The van der Waals surface area contributed by atoms with E-state index in [0.717, 1.165) is 87.7 Å². The van der Waals surface area contributed by atoms with Gasteiger partial charge >= 0.3 is 17.9 Å². The number of aromatic nitrogens is 4. The van der Waals surface area contributed by atoms with Crippen molar-refractivity contribution >= 4 is 77.1 Å². The zero-order chi connectivity index (χ0) is 55.9. The number of sulfone groups is 1. The molecule has 0 spiro atoms. The number of fused-ring (bicyclic) bond motifs is 12. The van der Waals surface area contributed by atoms with Crippen LogP contribution in [0.1, 0.15) is 86.3 Å². The first-order valence-electron chi connectivity index (χ1n) is 28.1. The summed E-state index contributed by atoms with van der Waals surface area (Å²) in [4.78, 5) is 45.9. The average Bonchev–Trinajstić information content (AvgIpc) is 4.42. The first-order chi connectivity index (χ1) is 38.7. The van der Waals surface area contributed by atoms with Crippen LogP contribution in [0.2, 0.25) is 0 Å². The van der Waals surface area contributed by atoms with Crippen LogP contribution in [0.4, 0.5) is 0 Å². The van der Waals surface area contributed by atoms with Crippen LogP contribution in [0, 0.1) is 11.8 Å². The van der Waals surface area contributed by atoms with E-state index in [2.05, 4.69) is 109 Å². The Hall–Kier alpha value is -7.97. The summed E-state index contributed by atoms with van der Waals surface area (Å²) in [6.07, 6.45) is 11.7. The van der Waals surface area contributed by atoms with Gasteiger partial charge in [-0.05, 0) is 165 Å². The van der Waals surface area contributed by atoms with E-state index in [1.165, 1.54) is 72.7 Å². The van der Waals surface area contributed by atoms with Gasteiger partial charge < -0.3 is 32.8 Å². The minimum atomic E-state index is -3.20. The van der Waals surface area contributed by atoms with Crippen molar-refractivity contribution in [1.82, 2.24) is 18.3 Å². The Morgan fingerprint density at radius 2 is 1.11 bits per heavy atom. The molecule has 0 aliphatic carbocycles. The van der Waals surface area contributed by atoms with Gasteiger partial charge in [0.05, 0.1) is 31.1 Å². The van der Waals surface area contributed by atoms with Crippen LogP contribution in [-0.2, 0) is 96.8 Å². The maximum Gasteiger partial charge on any atom is 0.330 e. The molecule has 0 fully saturated rings. The first kappa shape index (κ1) is 55.3. The number of ether oxygens (including phenoxy) is 2. The van der Waals surface area contributed by atoms with E-state index in [1.54, 1.807) is 18.2 Å². The van der Waals surface area contributed by atoms with Crippen LogP contribution >= 0.6 is 0 Å². The fourth-order valence-corrected chi connectivity index (χ4v) is 12.8. The summed E-state index contributed by atoms with van der Waals surface area (Å²) >= 11 is 0. The second-order valence-electron chi connectivity index (χ2n) is 21.5. The van der Waals surface area contributed by atoms with Gasteiger partial charge in [0.2, 0.25) is 0 Å². The molecule has 2 unspecified atom stereocenters. The zero-order valence-electron chi connectivity index (χ0n) is 45.9. The number of aliphatic carboxylic acids is 1. The summed E-state index contributed by atoms with van der Waals surface area (Å²) in [5.74, 6) is -0.121. The number of aryl methyl sites for hydroxylation is 3. The minimum Gasteiger partial charge on any atom is -0.481 e. The topological polar surface area (TPSA) is 161 Å². The van der Waals surface area contributed by atoms with Crippen molar-refractivity contribution < 1.29 is 42.2 Å². The number of carbonyl (C=O) groups is 4. The number of carboxylic acids is 1. The van der Waals surface area contributed by atoms with Crippen LogP contribution in [0.15, 0.2) is 156 Å². The molecular formula is C66H70N4O9S. The number of esters is 2. The molecule has 0 radical (unpaired) electrons. The van der Waals surface area contributed by atoms with E-state index < -0.39 is 15.8 Å². The number of rotatable bonds is 10. The lowest BCUT2D eigenvalue weighted by atomic mass is 9.92. The van der Waals surface area contributed by atoms with Crippen molar-refractivity contribution in [3.8, 4) is 0 Å². The van der Waals surface area contributed by atoms with Gasteiger partial charge in [0, 0.05) is 95.0 Å². The smallest absolute Gasteiger partial charge is 0.330 e. The molecule has 4 aromatic heterocycles. The molecule has 5 aromatic carbocycles. The number of Topliss-reactive ketones (excluding diaryl/α,β-unsaturated/α-hetero) is 1. The normalized spacial score (nSPS) is 16.9. The maximum absolute atomic E-state index is 11.7. The summed E-state index contributed by atoms with van der Waals surface area (Å²) < 4.78 is 42.5. The van der Waals surface area contributed by atoms with Crippen LogP contribution < -0.4 is 0 Å². The highest BCUT2D eigenvalue weighted by Crippen LogP contribution is 2.36. The summed E-state index contributed by atoms with van der Waals surface area (Å²) in [5.41, 5.74) is 13.6. The number of nitrogens with zero attached hydrogens (tertiary/aromatic N) is 4. The van der Waals surface area contributed by atoms with E-state index >= 15 is 0 Å². The lowest BCUT2D eigenvalue weighted by molar-refractivity contribution is -0.144. The number of hydrogen-bond donors (Lipinski definition) is 1. The van der Waals surface area contributed by atoms with Gasteiger partial charge in [-0.25, -0.2) is 13.2 Å². The number of para-hydroxylation sites is 4. The van der Waals surface area contributed by atoms with Crippen molar-refractivity contribution in [1.29, 1.82) is 0 Å². The fraction of sp³-hybridized carbons (Fsp3) is 0.333.